The van der Waals surface area contributed by atoms with Crippen LogP contribution >= 0.6 is 22.9 Å². The average Bonchev–Trinajstić information content (AvgIpc) is 3.35. The second kappa shape index (κ2) is 11.1. The van der Waals surface area contributed by atoms with Gasteiger partial charge in [-0.3, -0.25) is 0 Å². The van der Waals surface area contributed by atoms with Gasteiger partial charge in [0.05, 0.1) is 6.10 Å². The summed E-state index contributed by atoms with van der Waals surface area (Å²) in [7, 11) is 0. The van der Waals surface area contributed by atoms with Gasteiger partial charge in [-0.25, -0.2) is 4.79 Å². The molecule has 3 nitrogen and oxygen atoms in total. The van der Waals surface area contributed by atoms with Crippen molar-refractivity contribution in [3.8, 4) is 0 Å². The van der Waals surface area contributed by atoms with E-state index in [-0.39, 0.29) is 0 Å². The minimum absolute atomic E-state index is 0.393. The highest BCUT2D eigenvalue weighted by molar-refractivity contribution is 7.13. The van der Waals surface area contributed by atoms with Crippen LogP contribution in [0.1, 0.15) is 90.1 Å². The topological polar surface area (TPSA) is 57.5 Å². The maximum absolute atomic E-state index is 11.0. The predicted octanol–water partition coefficient (Wildman–Crippen LogP) is 7.44. The lowest BCUT2D eigenvalue weighted by Gasteiger charge is -2.17. The molecule has 0 aliphatic heterocycles. The third kappa shape index (κ3) is 5.96. The highest BCUT2D eigenvalue weighted by atomic mass is 35.5. The number of hydrogen-bond donors (Lipinski definition) is 2. The Bertz CT molecular complexity index is 869. The van der Waals surface area contributed by atoms with Crippen molar-refractivity contribution in [2.45, 2.75) is 70.8 Å². The fourth-order valence-corrected chi connectivity index (χ4v) is 5.53. The Kier molecular flexibility index (Phi) is 8.55. The number of aliphatic hydroxyl groups is 1. The van der Waals surface area contributed by atoms with Gasteiger partial charge in [0.25, 0.3) is 0 Å². The zero-order chi connectivity index (χ0) is 21.5. The van der Waals surface area contributed by atoms with Crippen LogP contribution < -0.4 is 0 Å². The molecular formula is C25H31ClO3S. The van der Waals surface area contributed by atoms with Crippen LogP contribution in [-0.2, 0) is 6.42 Å². The predicted molar refractivity (Wildman–Crippen MR) is 125 cm³/mol. The minimum Gasteiger partial charge on any atom is -0.477 e. The van der Waals surface area contributed by atoms with E-state index in [1.165, 1.54) is 16.9 Å². The molecule has 1 heterocycles. The van der Waals surface area contributed by atoms with Gasteiger partial charge < -0.3 is 10.2 Å². The lowest BCUT2D eigenvalue weighted by atomic mass is 9.89. The Balaban J connectivity index is 1.58. The molecule has 0 unspecified atom stereocenters. The summed E-state index contributed by atoms with van der Waals surface area (Å²) in [6, 6.07) is 11.9. The molecule has 1 aromatic heterocycles. The fraction of sp³-hybridized carbons (Fsp3) is 0.480. The van der Waals surface area contributed by atoms with Crippen molar-refractivity contribution in [1.82, 2.24) is 0 Å². The molecule has 1 aromatic carbocycles. The van der Waals surface area contributed by atoms with E-state index < -0.39 is 12.1 Å². The number of thiophene rings is 1. The second-order valence-electron chi connectivity index (χ2n) is 8.15. The molecule has 0 bridgehead atoms. The molecule has 30 heavy (non-hydrogen) atoms. The van der Waals surface area contributed by atoms with Crippen molar-refractivity contribution in [1.29, 1.82) is 0 Å². The summed E-state index contributed by atoms with van der Waals surface area (Å²) in [6.07, 6.45) is 8.75. The van der Waals surface area contributed by atoms with E-state index in [9.17, 15) is 9.90 Å². The van der Waals surface area contributed by atoms with E-state index in [0.717, 1.165) is 78.8 Å². The van der Waals surface area contributed by atoms with Gasteiger partial charge in [-0.15, -0.1) is 11.3 Å². The van der Waals surface area contributed by atoms with Crippen LogP contribution in [0.4, 0.5) is 0 Å². The number of hydrogen-bond acceptors (Lipinski definition) is 3. The smallest absolute Gasteiger partial charge is 0.345 e. The third-order valence-electron chi connectivity index (χ3n) is 5.95. The number of carboxylic acids is 1. The molecule has 0 saturated heterocycles. The number of aliphatic hydroxyl groups excluding tert-OH is 1. The molecule has 3 rings (SSSR count). The number of carbonyl (C=O) groups is 1. The highest BCUT2D eigenvalue weighted by Gasteiger charge is 2.25. The lowest BCUT2D eigenvalue weighted by Crippen LogP contribution is -2.02. The third-order valence-corrected chi connectivity index (χ3v) is 7.47. The SMILES string of the molecule is CCCCC[C@@H](O)c1ccc(C2=C(Cl)CC[C@@H]2CCCc2ccc(C(=O)O)s2)cc1. The van der Waals surface area contributed by atoms with Crippen LogP contribution in [0.25, 0.3) is 5.57 Å². The van der Waals surface area contributed by atoms with Crippen molar-refractivity contribution >= 4 is 34.5 Å². The summed E-state index contributed by atoms with van der Waals surface area (Å²) >= 11 is 7.97. The Morgan fingerprint density at radius 3 is 2.60 bits per heavy atom. The first-order valence-corrected chi connectivity index (χ1v) is 12.2. The molecule has 0 saturated carbocycles. The van der Waals surface area contributed by atoms with Gasteiger partial charge in [-0.1, -0.05) is 62.1 Å². The molecule has 2 atom stereocenters. The molecule has 0 amide bonds. The summed E-state index contributed by atoms with van der Waals surface area (Å²) < 4.78 is 0. The Morgan fingerprint density at radius 2 is 1.93 bits per heavy atom. The number of aryl methyl sites for hydroxylation is 1. The largest absolute Gasteiger partial charge is 0.477 e. The van der Waals surface area contributed by atoms with Crippen molar-refractivity contribution in [3.63, 3.8) is 0 Å². The summed E-state index contributed by atoms with van der Waals surface area (Å²) in [4.78, 5) is 12.6. The fourth-order valence-electron chi connectivity index (χ4n) is 4.27. The molecule has 1 aliphatic rings. The Hall–Kier alpha value is -1.62. The van der Waals surface area contributed by atoms with Gasteiger partial charge in [0.1, 0.15) is 4.88 Å². The number of allylic oxidation sites excluding steroid dienone is 2. The monoisotopic (exact) mass is 446 g/mol. The maximum atomic E-state index is 11.0. The molecule has 5 heteroatoms. The molecule has 0 spiro atoms. The molecular weight excluding hydrogens is 416 g/mol. The van der Waals surface area contributed by atoms with E-state index in [0.29, 0.717) is 10.8 Å². The molecule has 162 valence electrons. The summed E-state index contributed by atoms with van der Waals surface area (Å²) in [6.45, 7) is 2.17. The van der Waals surface area contributed by atoms with Gasteiger partial charge in [0.2, 0.25) is 0 Å². The molecule has 0 radical (unpaired) electrons. The van der Waals surface area contributed by atoms with Crippen molar-refractivity contribution in [2.75, 3.05) is 0 Å². The summed E-state index contributed by atoms with van der Waals surface area (Å²) in [5.74, 6) is -0.408. The van der Waals surface area contributed by atoms with Crippen LogP contribution in [-0.4, -0.2) is 16.2 Å². The number of aromatic carboxylic acids is 1. The Morgan fingerprint density at radius 1 is 1.17 bits per heavy atom. The summed E-state index contributed by atoms with van der Waals surface area (Å²) in [5.41, 5.74) is 3.39. The minimum atomic E-state index is -0.849. The van der Waals surface area contributed by atoms with Gasteiger partial charge in [0.15, 0.2) is 0 Å². The lowest BCUT2D eigenvalue weighted by molar-refractivity contribution is 0.0702. The first kappa shape index (κ1) is 23.1. The zero-order valence-electron chi connectivity index (χ0n) is 17.6. The molecule has 2 N–H and O–H groups in total. The van der Waals surface area contributed by atoms with E-state index in [4.69, 9.17) is 16.7 Å². The van der Waals surface area contributed by atoms with Crippen LogP contribution in [0.5, 0.6) is 0 Å². The van der Waals surface area contributed by atoms with Gasteiger partial charge >= 0.3 is 5.97 Å². The van der Waals surface area contributed by atoms with Crippen LogP contribution in [0.15, 0.2) is 41.4 Å². The highest BCUT2D eigenvalue weighted by Crippen LogP contribution is 2.43. The van der Waals surface area contributed by atoms with Gasteiger partial charge in [-0.2, -0.15) is 0 Å². The summed E-state index contributed by atoms with van der Waals surface area (Å²) in [5, 5.41) is 20.4. The number of carboxylic acid groups (broad SMARTS) is 1. The van der Waals surface area contributed by atoms with Crippen molar-refractivity contribution in [2.24, 2.45) is 5.92 Å². The molecule has 2 aromatic rings. The van der Waals surface area contributed by atoms with Crippen LogP contribution in [0.2, 0.25) is 0 Å². The second-order valence-corrected chi connectivity index (χ2v) is 9.78. The molecule has 0 fully saturated rings. The van der Waals surface area contributed by atoms with Crippen LogP contribution in [0.3, 0.4) is 0 Å². The Labute approximate surface area is 188 Å². The van der Waals surface area contributed by atoms with Gasteiger partial charge in [0, 0.05) is 9.91 Å². The van der Waals surface area contributed by atoms with E-state index in [1.807, 2.05) is 18.2 Å². The normalized spacial score (nSPS) is 17.5. The van der Waals surface area contributed by atoms with E-state index in [2.05, 4.69) is 19.1 Å². The quantitative estimate of drug-likeness (QED) is 0.352. The van der Waals surface area contributed by atoms with Crippen molar-refractivity contribution < 1.29 is 15.0 Å². The average molecular weight is 447 g/mol. The van der Waals surface area contributed by atoms with Crippen molar-refractivity contribution in [3.05, 3.63) is 62.3 Å². The van der Waals surface area contributed by atoms with E-state index in [1.54, 1.807) is 6.07 Å². The van der Waals surface area contributed by atoms with E-state index >= 15 is 0 Å². The first-order valence-electron chi connectivity index (χ1n) is 11.0. The number of rotatable bonds is 11. The molecule has 1 aliphatic carbocycles. The standard InChI is InChI=1S/C25H31ClO3S/c1-2-3-4-8-22(27)17-9-11-19(12-10-17)24-18(13-15-21(24)26)6-5-7-20-14-16-23(30-20)25(28)29/h9-12,14,16,18,22,27H,2-8,13,15H2,1H3,(H,28,29)/t18-,22+/m0/s1. The van der Waals surface area contributed by atoms with Gasteiger partial charge in [-0.05, 0) is 73.3 Å². The number of benzene rings is 1. The van der Waals surface area contributed by atoms with Crippen LogP contribution in [0, 0.1) is 5.92 Å². The maximum Gasteiger partial charge on any atom is 0.345 e. The number of halogens is 1. The number of unbranched alkanes of at least 4 members (excludes halogenated alkanes) is 2. The zero-order valence-corrected chi connectivity index (χ0v) is 19.1. The first-order chi connectivity index (χ1) is 14.5.